The number of halogens is 1. The summed E-state index contributed by atoms with van der Waals surface area (Å²) in [4.78, 5) is 0. The van der Waals surface area contributed by atoms with E-state index in [0.29, 0.717) is 5.02 Å². The third kappa shape index (κ3) is 1.23. The second-order valence-electron chi connectivity index (χ2n) is 4.17. The molecule has 0 atom stereocenters. The number of hydrogen-bond donors (Lipinski definition) is 1. The van der Waals surface area contributed by atoms with Crippen LogP contribution in [0.5, 0.6) is 11.5 Å². The van der Waals surface area contributed by atoms with Gasteiger partial charge >= 0.3 is 0 Å². The molecule has 0 bridgehead atoms. The fourth-order valence-corrected chi connectivity index (χ4v) is 2.56. The summed E-state index contributed by atoms with van der Waals surface area (Å²) in [7, 11) is 0. The van der Waals surface area contributed by atoms with Crippen LogP contribution < -0.4 is 15.2 Å². The molecule has 0 spiro atoms. The van der Waals surface area contributed by atoms with Crippen LogP contribution in [0.3, 0.4) is 0 Å². The van der Waals surface area contributed by atoms with Crippen molar-refractivity contribution >= 4 is 11.6 Å². The Morgan fingerprint density at radius 3 is 2.73 bits per heavy atom. The zero-order valence-corrected chi connectivity index (χ0v) is 9.01. The van der Waals surface area contributed by atoms with Gasteiger partial charge in [-0.2, -0.15) is 0 Å². The maximum absolute atomic E-state index is 6.28. The second-order valence-corrected chi connectivity index (χ2v) is 4.57. The number of rotatable bonds is 1. The van der Waals surface area contributed by atoms with Crippen LogP contribution in [-0.2, 0) is 5.54 Å². The highest BCUT2D eigenvalue weighted by molar-refractivity contribution is 6.31. The molecule has 0 saturated heterocycles. The van der Waals surface area contributed by atoms with E-state index in [9.17, 15) is 0 Å². The Morgan fingerprint density at radius 1 is 1.27 bits per heavy atom. The SMILES string of the molecule is NC1(c2c(Cl)ccc3c2OCO3)CCC1. The molecule has 1 saturated carbocycles. The Bertz CT molecular complexity index is 415. The molecule has 3 nitrogen and oxygen atoms in total. The fraction of sp³-hybridized carbons (Fsp3) is 0.455. The van der Waals surface area contributed by atoms with Crippen LogP contribution in [-0.4, -0.2) is 6.79 Å². The van der Waals surface area contributed by atoms with Gasteiger partial charge in [0.25, 0.3) is 0 Å². The van der Waals surface area contributed by atoms with E-state index in [4.69, 9.17) is 26.8 Å². The Kier molecular flexibility index (Phi) is 1.88. The van der Waals surface area contributed by atoms with Crippen molar-refractivity contribution in [2.75, 3.05) is 6.79 Å². The summed E-state index contributed by atoms with van der Waals surface area (Å²) in [6.07, 6.45) is 3.08. The fourth-order valence-electron chi connectivity index (χ4n) is 2.22. The molecule has 1 aliphatic carbocycles. The van der Waals surface area contributed by atoms with Crippen molar-refractivity contribution in [2.24, 2.45) is 5.73 Å². The Morgan fingerprint density at radius 2 is 2.07 bits per heavy atom. The van der Waals surface area contributed by atoms with E-state index < -0.39 is 0 Å². The lowest BCUT2D eigenvalue weighted by Gasteiger charge is -2.39. The highest BCUT2D eigenvalue weighted by atomic mass is 35.5. The maximum Gasteiger partial charge on any atom is 0.231 e. The van der Waals surface area contributed by atoms with Gasteiger partial charge in [-0.25, -0.2) is 0 Å². The summed E-state index contributed by atoms with van der Waals surface area (Å²) in [5, 5.41) is 0.682. The molecular formula is C11H12ClNO2. The normalized spacial score (nSPS) is 21.2. The first-order valence-electron chi connectivity index (χ1n) is 5.08. The van der Waals surface area contributed by atoms with Crippen LogP contribution in [0.15, 0.2) is 12.1 Å². The number of hydrogen-bond acceptors (Lipinski definition) is 3. The summed E-state index contributed by atoms with van der Waals surface area (Å²) in [6.45, 7) is 0.263. The van der Waals surface area contributed by atoms with Crippen molar-refractivity contribution in [2.45, 2.75) is 24.8 Å². The van der Waals surface area contributed by atoms with Gasteiger partial charge in [-0.3, -0.25) is 0 Å². The van der Waals surface area contributed by atoms with E-state index in [1.165, 1.54) is 0 Å². The minimum absolute atomic E-state index is 0.263. The molecular weight excluding hydrogens is 214 g/mol. The number of fused-ring (bicyclic) bond motifs is 1. The number of nitrogens with two attached hydrogens (primary N) is 1. The van der Waals surface area contributed by atoms with Gasteiger partial charge in [-0.05, 0) is 31.4 Å². The zero-order chi connectivity index (χ0) is 10.5. The van der Waals surface area contributed by atoms with Gasteiger partial charge < -0.3 is 15.2 Å². The molecule has 1 aromatic rings. The third-order valence-corrected chi connectivity index (χ3v) is 3.55. The first-order valence-corrected chi connectivity index (χ1v) is 5.46. The van der Waals surface area contributed by atoms with Crippen molar-refractivity contribution in [1.82, 2.24) is 0 Å². The van der Waals surface area contributed by atoms with E-state index in [0.717, 1.165) is 36.3 Å². The first kappa shape index (κ1) is 9.31. The predicted molar refractivity (Wildman–Crippen MR) is 57.3 cm³/mol. The molecule has 0 unspecified atom stereocenters. The Hall–Kier alpha value is -0.930. The average molecular weight is 226 g/mol. The van der Waals surface area contributed by atoms with Gasteiger partial charge in [-0.15, -0.1) is 0 Å². The van der Waals surface area contributed by atoms with Gasteiger partial charge in [0.1, 0.15) is 0 Å². The molecule has 1 aliphatic heterocycles. The first-order chi connectivity index (χ1) is 7.21. The van der Waals surface area contributed by atoms with Crippen molar-refractivity contribution in [3.63, 3.8) is 0 Å². The van der Waals surface area contributed by atoms with E-state index in [2.05, 4.69) is 0 Å². The highest BCUT2D eigenvalue weighted by Gasteiger charge is 2.40. The van der Waals surface area contributed by atoms with Gasteiger partial charge in [-0.1, -0.05) is 11.6 Å². The molecule has 3 rings (SSSR count). The summed E-state index contributed by atoms with van der Waals surface area (Å²) in [5.74, 6) is 1.50. The van der Waals surface area contributed by atoms with Crippen LogP contribution in [0.2, 0.25) is 5.02 Å². The molecule has 2 N–H and O–H groups in total. The van der Waals surface area contributed by atoms with Crippen molar-refractivity contribution in [1.29, 1.82) is 0 Å². The van der Waals surface area contributed by atoms with Gasteiger partial charge in [0.15, 0.2) is 11.5 Å². The topological polar surface area (TPSA) is 44.5 Å². The van der Waals surface area contributed by atoms with E-state index in [1.807, 2.05) is 12.1 Å². The lowest BCUT2D eigenvalue weighted by atomic mass is 9.72. The van der Waals surface area contributed by atoms with Gasteiger partial charge in [0, 0.05) is 16.1 Å². The molecule has 0 aromatic heterocycles. The Labute approximate surface area is 93.1 Å². The van der Waals surface area contributed by atoms with E-state index in [1.54, 1.807) is 0 Å². The third-order valence-electron chi connectivity index (χ3n) is 3.23. The van der Waals surface area contributed by atoms with Crippen LogP contribution in [0.1, 0.15) is 24.8 Å². The number of benzene rings is 1. The average Bonchev–Trinajstić information content (AvgIpc) is 2.62. The van der Waals surface area contributed by atoms with Crippen LogP contribution in [0, 0.1) is 0 Å². The summed E-state index contributed by atoms with van der Waals surface area (Å²) in [5.41, 5.74) is 6.89. The quantitative estimate of drug-likeness (QED) is 0.798. The largest absolute Gasteiger partial charge is 0.454 e. The molecule has 2 aliphatic rings. The van der Waals surface area contributed by atoms with Crippen molar-refractivity contribution in [3.8, 4) is 11.5 Å². The van der Waals surface area contributed by atoms with Crippen LogP contribution in [0.25, 0.3) is 0 Å². The van der Waals surface area contributed by atoms with Crippen LogP contribution >= 0.6 is 11.6 Å². The number of ether oxygens (including phenoxy) is 2. The van der Waals surface area contributed by atoms with Crippen molar-refractivity contribution < 1.29 is 9.47 Å². The molecule has 1 fully saturated rings. The maximum atomic E-state index is 6.28. The molecule has 80 valence electrons. The lowest BCUT2D eigenvalue weighted by molar-refractivity contribution is 0.168. The summed E-state index contributed by atoms with van der Waals surface area (Å²) in [6, 6.07) is 3.66. The molecule has 1 heterocycles. The standard InChI is InChI=1S/C11H12ClNO2/c12-7-2-3-8-10(15-6-14-8)9(7)11(13)4-1-5-11/h2-3H,1,4-6,13H2. The van der Waals surface area contributed by atoms with E-state index >= 15 is 0 Å². The minimum Gasteiger partial charge on any atom is -0.454 e. The highest BCUT2D eigenvalue weighted by Crippen LogP contribution is 2.50. The zero-order valence-electron chi connectivity index (χ0n) is 8.25. The van der Waals surface area contributed by atoms with Crippen molar-refractivity contribution in [3.05, 3.63) is 22.7 Å². The monoisotopic (exact) mass is 225 g/mol. The summed E-state index contributed by atoms with van der Waals surface area (Å²) < 4.78 is 10.8. The smallest absolute Gasteiger partial charge is 0.231 e. The molecule has 15 heavy (non-hydrogen) atoms. The van der Waals surface area contributed by atoms with Gasteiger partial charge in [0.2, 0.25) is 6.79 Å². The molecule has 4 heteroatoms. The Balaban J connectivity index is 2.17. The molecule has 1 aromatic carbocycles. The molecule has 0 radical (unpaired) electrons. The van der Waals surface area contributed by atoms with Crippen LogP contribution in [0.4, 0.5) is 0 Å². The van der Waals surface area contributed by atoms with Gasteiger partial charge in [0.05, 0.1) is 0 Å². The second kappa shape index (κ2) is 3.03. The predicted octanol–water partition coefficient (Wildman–Crippen LogP) is 2.41. The molecule has 0 amide bonds. The van der Waals surface area contributed by atoms with E-state index in [-0.39, 0.29) is 12.3 Å². The minimum atomic E-state index is -0.309. The summed E-state index contributed by atoms with van der Waals surface area (Å²) >= 11 is 6.19. The lowest BCUT2D eigenvalue weighted by Crippen LogP contribution is -2.43.